The predicted molar refractivity (Wildman–Crippen MR) is 73.0 cm³/mol. The van der Waals surface area contributed by atoms with Gasteiger partial charge in [0.05, 0.1) is 33.8 Å². The lowest BCUT2D eigenvalue weighted by Gasteiger charge is -2.40. The van der Waals surface area contributed by atoms with E-state index in [1.54, 1.807) is 13.1 Å². The third kappa shape index (κ3) is 5.67. The summed E-state index contributed by atoms with van der Waals surface area (Å²) >= 11 is 0. The molecule has 1 rings (SSSR count). The minimum atomic E-state index is -0.538. The zero-order valence-corrected chi connectivity index (χ0v) is 14.9. The summed E-state index contributed by atoms with van der Waals surface area (Å²) in [5.41, 5.74) is 0.0728. The van der Waals surface area contributed by atoms with Gasteiger partial charge in [0.25, 0.3) is 0 Å². The average molecular weight is 393 g/mol. The molecule has 5 nitrogen and oxygen atoms in total. The van der Waals surface area contributed by atoms with Crippen molar-refractivity contribution in [1.82, 2.24) is 4.90 Å². The van der Waals surface area contributed by atoms with Gasteiger partial charge in [0.2, 0.25) is 0 Å². The van der Waals surface area contributed by atoms with Gasteiger partial charge in [0.1, 0.15) is 6.07 Å². The normalized spacial score (nSPS) is 18.6. The van der Waals surface area contributed by atoms with Gasteiger partial charge in [-0.3, -0.25) is 0 Å². The van der Waals surface area contributed by atoms with Gasteiger partial charge >= 0.3 is 5.97 Å². The maximum Gasteiger partial charge on any atom is 0.350 e. The third-order valence-corrected chi connectivity index (χ3v) is 3.66. The van der Waals surface area contributed by atoms with E-state index in [-0.39, 0.29) is 36.2 Å². The van der Waals surface area contributed by atoms with Crippen molar-refractivity contribution in [2.75, 3.05) is 40.8 Å². The van der Waals surface area contributed by atoms with Gasteiger partial charge in [0.15, 0.2) is 5.57 Å². The number of quaternary nitrogens is 1. The molecule has 20 heavy (non-hydrogen) atoms. The molecule has 6 heteroatoms. The molecule has 1 fully saturated rings. The lowest BCUT2D eigenvalue weighted by Crippen LogP contribution is -3.00. The van der Waals surface area contributed by atoms with Crippen LogP contribution in [0.15, 0.2) is 11.8 Å². The molecule has 0 aromatic carbocycles. The highest BCUT2D eigenvalue weighted by Gasteiger charge is 2.28. The topological polar surface area (TPSA) is 53.3 Å². The van der Waals surface area contributed by atoms with Gasteiger partial charge in [-0.1, -0.05) is 0 Å². The zero-order valence-electron chi connectivity index (χ0n) is 12.7. The van der Waals surface area contributed by atoms with E-state index < -0.39 is 5.97 Å². The molecule has 0 saturated carbocycles. The van der Waals surface area contributed by atoms with Gasteiger partial charge < -0.3 is 38.1 Å². The Kier molecular flexibility index (Phi) is 8.13. The zero-order chi connectivity index (χ0) is 14.5. The quantitative estimate of drug-likeness (QED) is 0.185. The summed E-state index contributed by atoms with van der Waals surface area (Å²) in [6.45, 7) is 4.25. The Balaban J connectivity index is 0.00000361. The Labute approximate surface area is 138 Å². The van der Waals surface area contributed by atoms with E-state index in [1.165, 1.54) is 0 Å². The Hall–Kier alpha value is -0.810. The number of carbonyl (C=O) groups is 1. The standard InChI is InChI=1S/C14H24N3O2.HI/c1-5-19-14(18)12(10-15)11-16(2)13-6-8-17(3,4)9-7-13;/h11,13H,5-9H2,1-4H3;1H/q+1;/p-1/b12-11+;. The van der Waals surface area contributed by atoms with Crippen LogP contribution in [0.4, 0.5) is 0 Å². The number of likely N-dealkylation sites (tertiary alicyclic amines) is 1. The summed E-state index contributed by atoms with van der Waals surface area (Å²) < 4.78 is 5.90. The number of esters is 1. The molecule has 0 amide bonds. The highest BCUT2D eigenvalue weighted by atomic mass is 127. The first-order chi connectivity index (χ1) is 8.89. The first-order valence-electron chi connectivity index (χ1n) is 6.72. The maximum atomic E-state index is 11.6. The van der Waals surface area contributed by atoms with E-state index in [9.17, 15) is 4.79 Å². The molecule has 0 N–H and O–H groups in total. The fraction of sp³-hybridized carbons (Fsp3) is 0.714. The van der Waals surface area contributed by atoms with Gasteiger partial charge in [-0.05, 0) is 6.92 Å². The molecule has 0 aliphatic carbocycles. The molecule has 1 saturated heterocycles. The molecule has 1 heterocycles. The highest BCUT2D eigenvalue weighted by molar-refractivity contribution is 5.92. The summed E-state index contributed by atoms with van der Waals surface area (Å²) in [4.78, 5) is 13.5. The van der Waals surface area contributed by atoms with E-state index in [2.05, 4.69) is 14.1 Å². The van der Waals surface area contributed by atoms with Crippen molar-refractivity contribution in [3.63, 3.8) is 0 Å². The van der Waals surface area contributed by atoms with Crippen LogP contribution >= 0.6 is 0 Å². The Morgan fingerprint density at radius 2 is 2.00 bits per heavy atom. The molecule has 0 atom stereocenters. The number of carbonyl (C=O) groups excluding carboxylic acids is 1. The second kappa shape index (κ2) is 8.47. The van der Waals surface area contributed by atoms with Gasteiger partial charge in [-0.2, -0.15) is 5.26 Å². The number of hydrogen-bond donors (Lipinski definition) is 0. The average Bonchev–Trinajstić information content (AvgIpc) is 2.35. The molecule has 0 bridgehead atoms. The van der Waals surface area contributed by atoms with Crippen molar-refractivity contribution < 1.29 is 38.0 Å². The largest absolute Gasteiger partial charge is 1.00 e. The summed E-state index contributed by atoms with van der Waals surface area (Å²) in [7, 11) is 6.38. The van der Waals surface area contributed by atoms with E-state index in [0.717, 1.165) is 30.4 Å². The SMILES string of the molecule is CCOC(=O)/C(C#N)=C/N(C)C1CC[N+](C)(C)CC1.[I-]. The van der Waals surface area contributed by atoms with E-state index >= 15 is 0 Å². The van der Waals surface area contributed by atoms with Crippen molar-refractivity contribution >= 4 is 5.97 Å². The fourth-order valence-electron chi connectivity index (χ4n) is 2.31. The van der Waals surface area contributed by atoms with Crippen LogP contribution in [0.1, 0.15) is 19.8 Å². The lowest BCUT2D eigenvalue weighted by molar-refractivity contribution is -0.895. The van der Waals surface area contributed by atoms with Crippen LogP contribution in [0, 0.1) is 11.3 Å². The minimum Gasteiger partial charge on any atom is -1.00 e. The first-order valence-corrected chi connectivity index (χ1v) is 6.72. The van der Waals surface area contributed by atoms with Crippen LogP contribution in [0.3, 0.4) is 0 Å². The van der Waals surface area contributed by atoms with Crippen molar-refractivity contribution in [3.05, 3.63) is 11.8 Å². The van der Waals surface area contributed by atoms with Crippen LogP contribution in [0.25, 0.3) is 0 Å². The Morgan fingerprint density at radius 3 is 2.45 bits per heavy atom. The van der Waals surface area contributed by atoms with Crippen LogP contribution in [0.2, 0.25) is 0 Å². The number of piperidine rings is 1. The van der Waals surface area contributed by atoms with Crippen molar-refractivity contribution in [2.24, 2.45) is 0 Å². The molecule has 0 radical (unpaired) electrons. The highest BCUT2D eigenvalue weighted by Crippen LogP contribution is 2.19. The van der Waals surface area contributed by atoms with Gasteiger partial charge in [-0.15, -0.1) is 0 Å². The second-order valence-electron chi connectivity index (χ2n) is 5.65. The molecular formula is C14H24IN3O2. The molecule has 0 unspecified atom stereocenters. The number of rotatable bonds is 4. The number of nitriles is 1. The third-order valence-electron chi connectivity index (χ3n) is 3.66. The number of halogens is 1. The van der Waals surface area contributed by atoms with Gasteiger partial charge in [-0.25, -0.2) is 4.79 Å². The Morgan fingerprint density at radius 1 is 1.45 bits per heavy atom. The fourth-order valence-corrected chi connectivity index (χ4v) is 2.31. The summed E-state index contributed by atoms with van der Waals surface area (Å²) in [5.74, 6) is -0.538. The molecule has 0 spiro atoms. The second-order valence-corrected chi connectivity index (χ2v) is 5.65. The minimum absolute atomic E-state index is 0. The molecular weight excluding hydrogens is 369 g/mol. The first kappa shape index (κ1) is 19.2. The Bertz CT molecular complexity index is 392. The molecule has 114 valence electrons. The number of hydrogen-bond acceptors (Lipinski definition) is 4. The van der Waals surface area contributed by atoms with Crippen molar-refractivity contribution in [2.45, 2.75) is 25.8 Å². The summed E-state index contributed by atoms with van der Waals surface area (Å²) in [6, 6.07) is 2.31. The molecule has 0 aromatic heterocycles. The van der Waals surface area contributed by atoms with E-state index in [1.807, 2.05) is 18.0 Å². The molecule has 1 aliphatic rings. The summed E-state index contributed by atoms with van der Waals surface area (Å²) in [5, 5.41) is 9.00. The van der Waals surface area contributed by atoms with Crippen LogP contribution in [-0.2, 0) is 9.53 Å². The molecule has 1 aliphatic heterocycles. The predicted octanol–water partition coefficient (Wildman–Crippen LogP) is -1.87. The molecule has 0 aromatic rings. The van der Waals surface area contributed by atoms with Crippen molar-refractivity contribution in [3.8, 4) is 6.07 Å². The van der Waals surface area contributed by atoms with Crippen LogP contribution in [0.5, 0.6) is 0 Å². The van der Waals surface area contributed by atoms with Gasteiger partial charge in [0, 0.05) is 32.1 Å². The number of nitrogens with zero attached hydrogens (tertiary/aromatic N) is 3. The van der Waals surface area contributed by atoms with Crippen LogP contribution in [-0.4, -0.2) is 62.2 Å². The maximum absolute atomic E-state index is 11.6. The lowest BCUT2D eigenvalue weighted by atomic mass is 10.0. The smallest absolute Gasteiger partial charge is 0.350 e. The number of ether oxygens (including phenoxy) is 1. The monoisotopic (exact) mass is 393 g/mol. The van der Waals surface area contributed by atoms with E-state index in [0.29, 0.717) is 6.04 Å². The summed E-state index contributed by atoms with van der Waals surface area (Å²) in [6.07, 6.45) is 3.76. The van der Waals surface area contributed by atoms with E-state index in [4.69, 9.17) is 10.00 Å². The van der Waals surface area contributed by atoms with Crippen molar-refractivity contribution in [1.29, 1.82) is 5.26 Å². The van der Waals surface area contributed by atoms with Crippen LogP contribution < -0.4 is 24.0 Å².